The molecule has 107 heavy (non-hydrogen) atoms. The molecule has 0 saturated carbocycles. The molecule has 7 aliphatic heterocycles. The normalized spacial score (nSPS) is 43.3. The first-order valence-electron chi connectivity index (χ1n) is 32.7. The Hall–Kier alpha value is -3.59. The monoisotopic (exact) mass is 1590 g/mol. The predicted molar refractivity (Wildman–Crippen MR) is 325 cm³/mol. The van der Waals surface area contributed by atoms with Crippen LogP contribution in [-0.2, 0) is 105 Å². The quantitative estimate of drug-likeness (QED) is 0.0104. The Morgan fingerprint density at radius 1 is 0.542 bits per heavy atom. The topological polar surface area (TPSA) is 754 Å². The third kappa shape index (κ3) is 21.4. The number of esters is 1. The second-order valence-electron chi connectivity index (χ2n) is 26.0. The summed E-state index contributed by atoms with van der Waals surface area (Å²) in [5.74, 6) is -15.1. The molecule has 7 aliphatic rings. The van der Waals surface area contributed by atoms with Crippen molar-refractivity contribution in [1.29, 1.82) is 0 Å². The van der Waals surface area contributed by atoms with E-state index in [1.807, 2.05) is 0 Å². The van der Waals surface area contributed by atoms with E-state index in [4.69, 9.17) is 70.5 Å². The first kappa shape index (κ1) is 92.3. The van der Waals surface area contributed by atoms with Crippen LogP contribution in [0.2, 0.25) is 0 Å². The van der Waals surface area contributed by atoms with Crippen molar-refractivity contribution in [3.63, 3.8) is 0 Å². The van der Waals surface area contributed by atoms with Gasteiger partial charge in [0, 0.05) is 40.7 Å². The van der Waals surface area contributed by atoms with Crippen LogP contribution in [0.15, 0.2) is 4.99 Å². The number of aliphatic carboxylic acids is 1. The number of hydrogen-bond donors (Lipinski definition) is 24. The zero-order valence-corrected chi connectivity index (χ0v) is 60.8. The van der Waals surface area contributed by atoms with E-state index >= 15 is 4.79 Å². The van der Waals surface area contributed by atoms with Crippen molar-refractivity contribution in [2.45, 2.75) is 273 Å². The molecule has 24 N–H and O–H groups in total. The summed E-state index contributed by atoms with van der Waals surface area (Å²) in [5.41, 5.74) is 0. The fraction of sp³-hybridized carbons (Fsp3) is 0.895. The maximum absolute atomic E-state index is 15.0. The average molecular weight is 1590 g/mol. The Balaban J connectivity index is 0.0000179. The van der Waals surface area contributed by atoms with E-state index in [0.717, 1.165) is 41.7 Å². The maximum atomic E-state index is 15.0. The van der Waals surface area contributed by atoms with Crippen LogP contribution in [0, 0.1) is 0 Å². The van der Waals surface area contributed by atoms with Gasteiger partial charge in [-0.05, 0) is 19.7 Å². The number of rotatable bonds is 30. The second kappa shape index (κ2) is 39.0. The average Bonchev–Trinajstić information content (AvgIpc) is 0.752. The van der Waals surface area contributed by atoms with Crippen molar-refractivity contribution in [1.82, 2.24) is 16.0 Å². The summed E-state index contributed by atoms with van der Waals surface area (Å²) >= 11 is 0. The number of aliphatic imine (C=N–C) groups is 1. The van der Waals surface area contributed by atoms with Gasteiger partial charge in [-0.15, -0.1) is 0 Å². The molecule has 0 radical (unpaired) electrons. The van der Waals surface area contributed by atoms with Crippen LogP contribution in [0.4, 0.5) is 0 Å². The number of carbonyl (C=O) groups excluding carboxylic acids is 4. The number of nitrogens with one attached hydrogen (secondary N) is 3. The molecular weight excluding hydrogens is 1500 g/mol. The Morgan fingerprint density at radius 3 is 1.55 bits per heavy atom. The molecule has 0 aromatic rings. The number of amides is 3. The summed E-state index contributed by atoms with van der Waals surface area (Å²) in [6.45, 7) is -3.00. The Labute approximate surface area is 628 Å². The van der Waals surface area contributed by atoms with E-state index in [1.54, 1.807) is 0 Å². The predicted octanol–water partition coefficient (Wildman–Crippen LogP) is -19.7. The van der Waals surface area contributed by atoms with Crippen molar-refractivity contribution < 1.29 is 244 Å². The van der Waals surface area contributed by atoms with Gasteiger partial charge in [0.15, 0.2) is 25.2 Å². The standard InChI is InChI=1S/C57H94N4O44S.Na/c1-15-32(74)38(80)40(82)51(94-15)100-47-31(61-19(5)69)50(98-27(14-93-106(88,89)90)43(47)99-53-42(84)48(36(78)25(12-65)96-53)105-56(54(85)86)7-20(70)28(58-16(2)66)44(102-56)33(75)22(72)9-62)92-13-26-37(79)46(30(60-18(4)68)49(91-6)97-26)104-57(55(87)101-52-41(83)39(81)35(77)24(11-64)95-52)8-21(71)29(59-17(3)67)45(103-57)34(76)23(73)10-63;/h15,20-53,62-65,70-84H,7-14H2,1-6H3,(H,58,66)(H,59,67)(H,60,68)(H,61,69)(H,85,86)(H,88,89,90);/q;+1/p-1/t15-,20-,21-,22-,23-,24-,25-,26+,27+,28+,29?,30+,31?,32+,33-,34+,35+,36+,37+,38-,39-,40+,41+,42+,43+,44-,45-,46-,47-,48?,49-,50-,51-,52+,53+,56-,57-;/m0./s1. The van der Waals surface area contributed by atoms with Crippen molar-refractivity contribution >= 4 is 46.0 Å². The molecule has 612 valence electrons. The van der Waals surface area contributed by atoms with Gasteiger partial charge in [-0.1, -0.05) is 0 Å². The first-order valence-corrected chi connectivity index (χ1v) is 34.1. The van der Waals surface area contributed by atoms with E-state index in [9.17, 15) is 139 Å². The summed E-state index contributed by atoms with van der Waals surface area (Å²) < 4.78 is 122. The minimum atomic E-state index is -5.66. The van der Waals surface area contributed by atoms with Crippen LogP contribution in [0.25, 0.3) is 0 Å². The number of carboxylic acid groups (broad SMARTS) is 1. The number of ether oxygens (including phenoxy) is 14. The van der Waals surface area contributed by atoms with E-state index in [1.165, 1.54) is 0 Å². The summed E-state index contributed by atoms with van der Waals surface area (Å²) in [7, 11) is -4.72. The molecule has 3 amide bonds. The van der Waals surface area contributed by atoms with Crippen LogP contribution < -0.4 is 50.6 Å². The molecule has 0 aromatic carbocycles. The summed E-state index contributed by atoms with van der Waals surface area (Å²) in [4.78, 5) is 71.2. The largest absolute Gasteiger partial charge is 1.00 e. The van der Waals surface area contributed by atoms with Crippen LogP contribution >= 0.6 is 0 Å². The van der Waals surface area contributed by atoms with Crippen LogP contribution in [0.3, 0.4) is 0 Å². The number of carboxylic acids is 1. The van der Waals surface area contributed by atoms with Crippen molar-refractivity contribution in [3.05, 3.63) is 0 Å². The maximum Gasteiger partial charge on any atom is 1.00 e. The van der Waals surface area contributed by atoms with Gasteiger partial charge < -0.3 is 190 Å². The molecule has 7 rings (SSSR count). The Morgan fingerprint density at radius 2 is 1.01 bits per heavy atom. The number of aliphatic hydroxyl groups is 19. The van der Waals surface area contributed by atoms with Crippen LogP contribution in [0.1, 0.15) is 47.5 Å². The van der Waals surface area contributed by atoms with Gasteiger partial charge in [0.05, 0.1) is 64.0 Å². The number of hydrogen-bond acceptors (Lipinski definition) is 43. The first-order chi connectivity index (χ1) is 49.5. The van der Waals surface area contributed by atoms with Crippen molar-refractivity contribution in [2.24, 2.45) is 4.99 Å². The number of carbonyl (C=O) groups is 5. The van der Waals surface area contributed by atoms with Gasteiger partial charge in [0.25, 0.3) is 11.6 Å². The van der Waals surface area contributed by atoms with Crippen LogP contribution in [0.5, 0.6) is 0 Å². The van der Waals surface area contributed by atoms with Gasteiger partial charge in [-0.3, -0.25) is 23.9 Å². The molecule has 7 heterocycles. The summed E-state index contributed by atoms with van der Waals surface area (Å²) in [6, 6.07) is -7.89. The van der Waals surface area contributed by atoms with E-state index in [-0.39, 0.29) is 29.6 Å². The molecule has 48 nitrogen and oxygen atoms in total. The molecule has 7 saturated heterocycles. The molecular formula is C57H93N4NaO44S. The summed E-state index contributed by atoms with van der Waals surface area (Å²) in [5, 5.41) is 239. The van der Waals surface area contributed by atoms with Gasteiger partial charge in [0.1, 0.15) is 159 Å². The molecule has 37 atom stereocenters. The number of methoxy groups -OCH3 is 1. The Bertz CT molecular complexity index is 3070. The third-order valence-corrected chi connectivity index (χ3v) is 18.8. The molecule has 0 aliphatic carbocycles. The molecule has 0 aromatic heterocycles. The van der Waals surface area contributed by atoms with Crippen molar-refractivity contribution in [3.8, 4) is 0 Å². The fourth-order valence-corrected chi connectivity index (χ4v) is 13.3. The molecule has 7 fully saturated rings. The van der Waals surface area contributed by atoms with E-state index in [0.29, 0.717) is 0 Å². The van der Waals surface area contributed by atoms with Gasteiger partial charge >= 0.3 is 51.9 Å². The van der Waals surface area contributed by atoms with E-state index < -0.39 is 324 Å². The van der Waals surface area contributed by atoms with Gasteiger partial charge in [0.2, 0.25) is 24.0 Å². The zero-order chi connectivity index (χ0) is 79.3. The van der Waals surface area contributed by atoms with Crippen LogP contribution in [-0.4, -0.2) is 423 Å². The smallest absolute Gasteiger partial charge is 0.862 e. The molecule has 3 unspecified atom stereocenters. The van der Waals surface area contributed by atoms with Gasteiger partial charge in [-0.2, -0.15) is 8.42 Å². The summed E-state index contributed by atoms with van der Waals surface area (Å²) in [6.07, 6.45) is -72.7. The SMILES string of the molecule is CO[C@H]1O[C@H](CO[C@H]2O[C@H](COS(=O)(=O)O)[C@@H](O[C@H]3O[C@@H](CO)[C@@H](O)C(O[C@]4(C(=O)O)C[C@H](O)[C@@H](N=C(C)[O-])[C@@H]([C@@H](O)[C@@H](O)CO)O4)[C@H]3O)[C@@H](O[C@@H]3O[C@@H](C)[C@@H](O)[C@H](O)[C@H]3O)C2NC(C)=O)[C@@H](O)[C@@H](O[C@]2(C(=O)O[C@H]3O[C@@H](CO)[C@@H](O)[C@H](O)[C@H]3O)C[C@H](O)C(NC(C)=O)[C@@H]([C@H](O)[C@@H](O)CO)O2)[C@H]1NC(C)=O.[Na+]. The van der Waals surface area contributed by atoms with E-state index in [2.05, 4.69) is 20.9 Å². The zero-order valence-electron chi connectivity index (χ0n) is 58.0. The van der Waals surface area contributed by atoms with Crippen molar-refractivity contribution in [2.75, 3.05) is 46.8 Å². The minimum absolute atomic E-state index is 0. The molecule has 50 heteroatoms. The third-order valence-electron chi connectivity index (χ3n) is 18.3. The second-order valence-corrected chi connectivity index (χ2v) is 27.1. The molecule has 0 bridgehead atoms. The van der Waals surface area contributed by atoms with Gasteiger partial charge in [-0.25, -0.2) is 13.8 Å². The fourth-order valence-electron chi connectivity index (χ4n) is 13.0. The Kier molecular flexibility index (Phi) is 33.6. The number of aliphatic hydroxyl groups excluding tert-OH is 19. The number of nitrogens with zero attached hydrogens (tertiary/aromatic N) is 1. The minimum Gasteiger partial charge on any atom is -0.862 e. The molecule has 0 spiro atoms.